The third-order valence-corrected chi connectivity index (χ3v) is 2.60. The van der Waals surface area contributed by atoms with Gasteiger partial charge < -0.3 is 9.47 Å². The lowest BCUT2D eigenvalue weighted by molar-refractivity contribution is -0.159. The zero-order chi connectivity index (χ0) is 13.4. The van der Waals surface area contributed by atoms with E-state index in [9.17, 15) is 14.4 Å². The molecule has 0 spiro atoms. The molecule has 0 amide bonds. The van der Waals surface area contributed by atoms with Gasteiger partial charge in [0.1, 0.15) is 0 Å². The number of allylic oxidation sites excluding steroid dienone is 2. The highest BCUT2D eigenvalue weighted by atomic mass is 16.6. The van der Waals surface area contributed by atoms with Crippen molar-refractivity contribution in [1.82, 2.24) is 0 Å². The van der Waals surface area contributed by atoms with Gasteiger partial charge in [-0.05, 0) is 31.4 Å². The number of esters is 1. The molecule has 98 valence electrons. The van der Waals surface area contributed by atoms with Gasteiger partial charge in [0.15, 0.2) is 5.60 Å². The molecular weight excluding hydrogens is 236 g/mol. The van der Waals surface area contributed by atoms with Gasteiger partial charge in [-0.15, -0.1) is 0 Å². The Morgan fingerprint density at radius 2 is 2.17 bits per heavy atom. The largest absolute Gasteiger partial charge is 0.468 e. The second-order valence-electron chi connectivity index (χ2n) is 3.99. The van der Waals surface area contributed by atoms with Gasteiger partial charge >= 0.3 is 5.97 Å². The molecule has 0 aromatic heterocycles. The molecule has 0 aliphatic heterocycles. The first-order valence-corrected chi connectivity index (χ1v) is 5.76. The van der Waals surface area contributed by atoms with Crippen LogP contribution in [-0.2, 0) is 23.9 Å². The highest BCUT2D eigenvalue weighted by Crippen LogP contribution is 2.26. The molecule has 0 N–H and O–H groups in total. The molecule has 1 unspecified atom stereocenters. The fraction of sp³-hybridized carbons (Fsp3) is 0.462. The average molecular weight is 252 g/mol. The minimum Gasteiger partial charge on any atom is -0.468 e. The number of ether oxygens (including phenoxy) is 2. The van der Waals surface area contributed by atoms with Crippen molar-refractivity contribution in [1.29, 1.82) is 0 Å². The van der Waals surface area contributed by atoms with Crippen molar-refractivity contribution in [3.8, 4) is 0 Å². The zero-order valence-corrected chi connectivity index (χ0v) is 10.3. The van der Waals surface area contributed by atoms with Crippen molar-refractivity contribution in [2.24, 2.45) is 0 Å². The van der Waals surface area contributed by atoms with Crippen LogP contribution in [0.4, 0.5) is 0 Å². The van der Waals surface area contributed by atoms with Gasteiger partial charge in [-0.3, -0.25) is 14.4 Å². The number of carbonyl (C=O) groups is 3. The molecule has 18 heavy (non-hydrogen) atoms. The van der Waals surface area contributed by atoms with E-state index in [2.05, 4.69) is 4.74 Å². The number of rotatable bonds is 7. The Morgan fingerprint density at radius 1 is 1.39 bits per heavy atom. The van der Waals surface area contributed by atoms with Crippen LogP contribution in [-0.4, -0.2) is 30.4 Å². The van der Waals surface area contributed by atoms with Crippen LogP contribution in [0.15, 0.2) is 24.3 Å². The fourth-order valence-corrected chi connectivity index (χ4v) is 1.80. The standard InChI is InChI=1S/C13H16O5/c1-11(15)18-13(7-3-2-6-12(13)16)8-4-5-9-17-10-14/h2-3,6-7,10H,4-5,8-9H2,1H3. The normalized spacial score (nSPS) is 21.7. The van der Waals surface area contributed by atoms with E-state index < -0.39 is 11.6 Å². The van der Waals surface area contributed by atoms with Crippen LogP contribution in [0.1, 0.15) is 26.2 Å². The third kappa shape index (κ3) is 3.84. The first-order valence-electron chi connectivity index (χ1n) is 5.76. The number of unbranched alkanes of at least 4 members (excludes halogenated alkanes) is 1. The van der Waals surface area contributed by atoms with E-state index in [4.69, 9.17) is 4.74 Å². The zero-order valence-electron chi connectivity index (χ0n) is 10.3. The van der Waals surface area contributed by atoms with Crippen LogP contribution >= 0.6 is 0 Å². The molecule has 0 radical (unpaired) electrons. The topological polar surface area (TPSA) is 69.7 Å². The monoisotopic (exact) mass is 252 g/mol. The number of carbonyl (C=O) groups excluding carboxylic acids is 3. The Hall–Kier alpha value is -1.91. The molecule has 0 aromatic rings. The van der Waals surface area contributed by atoms with Crippen molar-refractivity contribution < 1.29 is 23.9 Å². The summed E-state index contributed by atoms with van der Waals surface area (Å²) in [6.45, 7) is 1.96. The molecule has 1 aliphatic carbocycles. The number of ketones is 1. The van der Waals surface area contributed by atoms with Gasteiger partial charge in [0.2, 0.25) is 5.78 Å². The van der Waals surface area contributed by atoms with E-state index in [0.29, 0.717) is 32.3 Å². The molecule has 0 saturated carbocycles. The minimum atomic E-state index is -1.19. The Kier molecular flexibility index (Phi) is 5.30. The molecule has 0 saturated heterocycles. The molecule has 0 aromatic carbocycles. The summed E-state index contributed by atoms with van der Waals surface area (Å²) in [4.78, 5) is 32.9. The molecule has 0 fully saturated rings. The lowest BCUT2D eigenvalue weighted by atomic mass is 9.88. The van der Waals surface area contributed by atoms with Gasteiger partial charge in [-0.2, -0.15) is 0 Å². The third-order valence-electron chi connectivity index (χ3n) is 2.60. The van der Waals surface area contributed by atoms with Crippen molar-refractivity contribution in [2.45, 2.75) is 31.8 Å². The Bertz CT molecular complexity index is 383. The smallest absolute Gasteiger partial charge is 0.303 e. The minimum absolute atomic E-state index is 0.239. The van der Waals surface area contributed by atoms with Crippen molar-refractivity contribution >= 4 is 18.2 Å². The lowest BCUT2D eigenvalue weighted by Crippen LogP contribution is -2.41. The summed E-state index contributed by atoms with van der Waals surface area (Å²) in [5.41, 5.74) is -1.19. The highest BCUT2D eigenvalue weighted by Gasteiger charge is 2.37. The molecule has 0 bridgehead atoms. The second-order valence-corrected chi connectivity index (χ2v) is 3.99. The van der Waals surface area contributed by atoms with E-state index in [1.807, 2.05) is 0 Å². The maximum Gasteiger partial charge on any atom is 0.303 e. The van der Waals surface area contributed by atoms with Crippen LogP contribution in [0.5, 0.6) is 0 Å². The van der Waals surface area contributed by atoms with Gasteiger partial charge in [0, 0.05) is 6.92 Å². The maximum atomic E-state index is 11.9. The fourth-order valence-electron chi connectivity index (χ4n) is 1.80. The summed E-state index contributed by atoms with van der Waals surface area (Å²) in [5, 5.41) is 0. The van der Waals surface area contributed by atoms with Crippen LogP contribution in [0.3, 0.4) is 0 Å². The molecule has 1 atom stereocenters. The summed E-state index contributed by atoms with van der Waals surface area (Å²) >= 11 is 0. The Morgan fingerprint density at radius 3 is 2.78 bits per heavy atom. The van der Waals surface area contributed by atoms with Gasteiger partial charge in [0.05, 0.1) is 6.61 Å². The Labute approximate surface area is 105 Å². The molecule has 0 heterocycles. The van der Waals surface area contributed by atoms with Crippen molar-refractivity contribution in [3.63, 3.8) is 0 Å². The van der Waals surface area contributed by atoms with Crippen LogP contribution in [0, 0.1) is 0 Å². The van der Waals surface area contributed by atoms with E-state index in [1.165, 1.54) is 13.0 Å². The van der Waals surface area contributed by atoms with E-state index in [-0.39, 0.29) is 5.78 Å². The summed E-state index contributed by atoms with van der Waals surface area (Å²) in [6, 6.07) is 0. The predicted octanol–water partition coefficient (Wildman–Crippen LogP) is 1.33. The highest BCUT2D eigenvalue weighted by molar-refractivity contribution is 6.01. The van der Waals surface area contributed by atoms with E-state index in [0.717, 1.165) is 0 Å². The van der Waals surface area contributed by atoms with Gasteiger partial charge in [-0.25, -0.2) is 0 Å². The summed E-state index contributed by atoms with van der Waals surface area (Å²) in [7, 11) is 0. The quantitative estimate of drug-likeness (QED) is 0.388. The molecule has 5 nitrogen and oxygen atoms in total. The van der Waals surface area contributed by atoms with Crippen LogP contribution in [0.2, 0.25) is 0 Å². The van der Waals surface area contributed by atoms with Crippen molar-refractivity contribution in [2.75, 3.05) is 6.61 Å². The van der Waals surface area contributed by atoms with Crippen molar-refractivity contribution in [3.05, 3.63) is 24.3 Å². The number of hydrogen-bond donors (Lipinski definition) is 0. The first-order chi connectivity index (χ1) is 8.60. The van der Waals surface area contributed by atoms with Gasteiger partial charge in [0.25, 0.3) is 6.47 Å². The first kappa shape index (κ1) is 14.2. The van der Waals surface area contributed by atoms with Crippen LogP contribution in [0.25, 0.3) is 0 Å². The van der Waals surface area contributed by atoms with E-state index >= 15 is 0 Å². The Balaban J connectivity index is 2.59. The number of hydrogen-bond acceptors (Lipinski definition) is 5. The lowest BCUT2D eigenvalue weighted by Gasteiger charge is -2.29. The van der Waals surface area contributed by atoms with Gasteiger partial charge in [-0.1, -0.05) is 12.2 Å². The maximum absolute atomic E-state index is 11.9. The molecule has 5 heteroatoms. The molecular formula is C13H16O5. The van der Waals surface area contributed by atoms with Crippen LogP contribution < -0.4 is 0 Å². The molecule has 1 aliphatic rings. The average Bonchev–Trinajstić information content (AvgIpc) is 2.32. The summed E-state index contributed by atoms with van der Waals surface area (Å²) in [5.74, 6) is -0.732. The second kappa shape index (κ2) is 6.74. The summed E-state index contributed by atoms with van der Waals surface area (Å²) in [6.07, 6.45) is 7.90. The summed E-state index contributed by atoms with van der Waals surface area (Å²) < 4.78 is 9.72. The SMILES string of the molecule is CC(=O)OC1(CCCCOC=O)C=CC=CC1=O. The van der Waals surface area contributed by atoms with E-state index in [1.54, 1.807) is 18.2 Å². The molecule has 1 rings (SSSR count). The predicted molar refractivity (Wildman–Crippen MR) is 63.7 cm³/mol.